The summed E-state index contributed by atoms with van der Waals surface area (Å²) < 4.78 is 11.5. The van der Waals surface area contributed by atoms with Gasteiger partial charge in [0, 0.05) is 19.0 Å². The number of fused-ring (bicyclic) bond motifs is 1. The van der Waals surface area contributed by atoms with Crippen molar-refractivity contribution >= 4 is 29.9 Å². The molecule has 4 rings (SSSR count). The summed E-state index contributed by atoms with van der Waals surface area (Å²) in [5.41, 5.74) is 1.28. The number of hydrogen-bond acceptors (Lipinski definition) is 4. The van der Waals surface area contributed by atoms with Gasteiger partial charge in [0.05, 0.1) is 25.5 Å². The number of halogens is 1. The highest BCUT2D eigenvalue weighted by Crippen LogP contribution is 2.32. The highest BCUT2D eigenvalue weighted by Gasteiger charge is 2.26. The lowest BCUT2D eigenvalue weighted by atomic mass is 9.93. The lowest BCUT2D eigenvalue weighted by Crippen LogP contribution is -2.40. The second kappa shape index (κ2) is 11.6. The first-order valence-electron chi connectivity index (χ1n) is 10.9. The van der Waals surface area contributed by atoms with Gasteiger partial charge in [-0.2, -0.15) is 0 Å². The maximum absolute atomic E-state index is 5.80. The van der Waals surface area contributed by atoms with E-state index in [-0.39, 0.29) is 30.0 Å². The molecule has 30 heavy (non-hydrogen) atoms. The fourth-order valence-corrected chi connectivity index (χ4v) is 4.29. The third-order valence-electron chi connectivity index (χ3n) is 5.82. The van der Waals surface area contributed by atoms with Crippen molar-refractivity contribution in [3.63, 3.8) is 0 Å². The standard InChI is InChI=1S/C23H32N4O2.HI/c1-2-24-23(25-16-18-11-15-29-21-9-4-3-8-19(18)21)26-17-20(22-10-7-14-28-22)27-12-5-6-13-27;/h3-4,7-10,14,18,20H,2,5-6,11-13,15-17H2,1H3,(H2,24,25,26);1H. The third kappa shape index (κ3) is 5.69. The number of likely N-dealkylation sites (tertiary alicyclic amines) is 1. The molecule has 0 radical (unpaired) electrons. The zero-order chi connectivity index (χ0) is 19.9. The fraction of sp³-hybridized carbons (Fsp3) is 0.522. The average molecular weight is 524 g/mol. The summed E-state index contributed by atoms with van der Waals surface area (Å²) in [6.07, 6.45) is 5.28. The van der Waals surface area contributed by atoms with Gasteiger partial charge in [-0.25, -0.2) is 0 Å². The molecule has 1 fully saturated rings. The predicted octanol–water partition coefficient (Wildman–Crippen LogP) is 4.16. The Balaban J connectivity index is 0.00000256. The van der Waals surface area contributed by atoms with Crippen LogP contribution in [0.1, 0.15) is 49.5 Å². The molecule has 2 aliphatic heterocycles. The van der Waals surface area contributed by atoms with Crippen LogP contribution in [0.2, 0.25) is 0 Å². The molecule has 2 atom stereocenters. The van der Waals surface area contributed by atoms with E-state index in [0.29, 0.717) is 12.5 Å². The molecule has 2 aromatic rings. The SMILES string of the molecule is CCNC(=NCC(c1ccco1)N1CCCC1)NCC1CCOc2ccccc21.I. The third-order valence-corrected chi connectivity index (χ3v) is 5.82. The molecule has 1 aromatic carbocycles. The molecule has 0 spiro atoms. The van der Waals surface area contributed by atoms with Crippen LogP contribution in [0.4, 0.5) is 0 Å². The van der Waals surface area contributed by atoms with Crippen LogP contribution in [0.5, 0.6) is 5.75 Å². The van der Waals surface area contributed by atoms with Gasteiger partial charge in [-0.05, 0) is 63.0 Å². The van der Waals surface area contributed by atoms with Gasteiger partial charge in [0.2, 0.25) is 0 Å². The highest BCUT2D eigenvalue weighted by atomic mass is 127. The maximum atomic E-state index is 5.80. The van der Waals surface area contributed by atoms with E-state index in [1.165, 1.54) is 18.4 Å². The van der Waals surface area contributed by atoms with Crippen LogP contribution in [-0.4, -0.2) is 50.2 Å². The molecule has 1 saturated heterocycles. The topological polar surface area (TPSA) is 62.0 Å². The molecular weight excluding hydrogens is 491 g/mol. The van der Waals surface area contributed by atoms with E-state index in [1.807, 2.05) is 12.1 Å². The smallest absolute Gasteiger partial charge is 0.191 e. The Labute approximate surface area is 196 Å². The quantitative estimate of drug-likeness (QED) is 0.324. The second-order valence-electron chi connectivity index (χ2n) is 7.75. The molecule has 0 amide bonds. The molecule has 7 heteroatoms. The number of rotatable bonds is 7. The summed E-state index contributed by atoms with van der Waals surface area (Å²) >= 11 is 0. The van der Waals surface area contributed by atoms with Crippen molar-refractivity contribution in [2.45, 2.75) is 38.1 Å². The van der Waals surface area contributed by atoms with Gasteiger partial charge in [-0.15, -0.1) is 24.0 Å². The minimum atomic E-state index is 0. The van der Waals surface area contributed by atoms with Gasteiger partial charge in [-0.1, -0.05) is 18.2 Å². The lowest BCUT2D eigenvalue weighted by Gasteiger charge is -2.27. The molecule has 2 aliphatic rings. The largest absolute Gasteiger partial charge is 0.493 e. The van der Waals surface area contributed by atoms with Gasteiger partial charge in [0.1, 0.15) is 11.5 Å². The number of nitrogens with one attached hydrogen (secondary N) is 2. The predicted molar refractivity (Wildman–Crippen MR) is 131 cm³/mol. The van der Waals surface area contributed by atoms with Crippen LogP contribution in [0.3, 0.4) is 0 Å². The second-order valence-corrected chi connectivity index (χ2v) is 7.75. The Hall–Kier alpha value is -1.74. The summed E-state index contributed by atoms with van der Waals surface area (Å²) in [6, 6.07) is 12.6. The first-order chi connectivity index (χ1) is 14.3. The van der Waals surface area contributed by atoms with Crippen molar-refractivity contribution in [1.82, 2.24) is 15.5 Å². The first-order valence-corrected chi connectivity index (χ1v) is 10.9. The molecule has 0 bridgehead atoms. The maximum Gasteiger partial charge on any atom is 0.191 e. The van der Waals surface area contributed by atoms with Crippen molar-refractivity contribution in [2.24, 2.45) is 4.99 Å². The van der Waals surface area contributed by atoms with Gasteiger partial charge < -0.3 is 19.8 Å². The molecule has 0 aliphatic carbocycles. The number of ether oxygens (including phenoxy) is 1. The Morgan fingerprint density at radius 3 is 2.77 bits per heavy atom. The summed E-state index contributed by atoms with van der Waals surface area (Å²) in [6.45, 7) is 7.48. The fourth-order valence-electron chi connectivity index (χ4n) is 4.29. The van der Waals surface area contributed by atoms with Crippen LogP contribution in [0.25, 0.3) is 0 Å². The average Bonchev–Trinajstić information content (AvgIpc) is 3.47. The molecule has 6 nitrogen and oxygen atoms in total. The van der Waals surface area contributed by atoms with Gasteiger partial charge in [0.15, 0.2) is 5.96 Å². The monoisotopic (exact) mass is 524 g/mol. The van der Waals surface area contributed by atoms with Crippen molar-refractivity contribution < 1.29 is 9.15 Å². The van der Waals surface area contributed by atoms with E-state index in [9.17, 15) is 0 Å². The van der Waals surface area contributed by atoms with Crippen LogP contribution < -0.4 is 15.4 Å². The molecule has 0 saturated carbocycles. The van der Waals surface area contributed by atoms with Crippen molar-refractivity contribution in [2.75, 3.05) is 39.3 Å². The zero-order valence-electron chi connectivity index (χ0n) is 17.7. The number of aliphatic imine (C=N–C) groups is 1. The molecule has 2 N–H and O–H groups in total. The summed E-state index contributed by atoms with van der Waals surface area (Å²) in [5.74, 6) is 3.32. The van der Waals surface area contributed by atoms with E-state index >= 15 is 0 Å². The minimum Gasteiger partial charge on any atom is -0.493 e. The summed E-state index contributed by atoms with van der Waals surface area (Å²) in [7, 11) is 0. The number of benzene rings is 1. The number of nitrogens with zero attached hydrogens (tertiary/aromatic N) is 2. The van der Waals surface area contributed by atoms with Gasteiger partial charge in [0.25, 0.3) is 0 Å². The molecule has 3 heterocycles. The number of hydrogen-bond donors (Lipinski definition) is 2. The van der Waals surface area contributed by atoms with Crippen LogP contribution in [0, 0.1) is 0 Å². The number of guanidine groups is 1. The van der Waals surface area contributed by atoms with E-state index in [1.54, 1.807) is 6.26 Å². The Kier molecular flexibility index (Phi) is 8.87. The molecule has 2 unspecified atom stereocenters. The molecule has 1 aromatic heterocycles. The van der Waals surface area contributed by atoms with E-state index in [2.05, 4.69) is 46.7 Å². The Morgan fingerprint density at radius 2 is 2.00 bits per heavy atom. The normalized spacial score (nSPS) is 20.0. The van der Waals surface area contributed by atoms with E-state index in [0.717, 1.165) is 56.7 Å². The van der Waals surface area contributed by atoms with Crippen molar-refractivity contribution in [3.05, 3.63) is 54.0 Å². The zero-order valence-corrected chi connectivity index (χ0v) is 20.0. The lowest BCUT2D eigenvalue weighted by molar-refractivity contribution is 0.221. The van der Waals surface area contributed by atoms with Crippen molar-refractivity contribution in [3.8, 4) is 5.75 Å². The minimum absolute atomic E-state index is 0. The van der Waals surface area contributed by atoms with Crippen LogP contribution in [-0.2, 0) is 0 Å². The van der Waals surface area contributed by atoms with E-state index < -0.39 is 0 Å². The number of furan rings is 1. The van der Waals surface area contributed by atoms with Gasteiger partial charge in [-0.3, -0.25) is 9.89 Å². The Morgan fingerprint density at radius 1 is 1.17 bits per heavy atom. The molecular formula is C23H33IN4O2. The number of para-hydroxylation sites is 1. The van der Waals surface area contributed by atoms with Crippen LogP contribution >= 0.6 is 24.0 Å². The molecule has 164 valence electrons. The van der Waals surface area contributed by atoms with Gasteiger partial charge >= 0.3 is 0 Å². The Bertz CT molecular complexity index is 790. The van der Waals surface area contributed by atoms with Crippen molar-refractivity contribution in [1.29, 1.82) is 0 Å². The van der Waals surface area contributed by atoms with Crippen LogP contribution in [0.15, 0.2) is 52.1 Å². The first kappa shape index (κ1) is 22.9. The summed E-state index contributed by atoms with van der Waals surface area (Å²) in [5, 5.41) is 6.95. The highest BCUT2D eigenvalue weighted by molar-refractivity contribution is 14.0. The summed E-state index contributed by atoms with van der Waals surface area (Å²) in [4.78, 5) is 7.40. The van der Waals surface area contributed by atoms with E-state index in [4.69, 9.17) is 14.1 Å².